The zero-order valence-corrected chi connectivity index (χ0v) is 9.28. The van der Waals surface area contributed by atoms with E-state index in [9.17, 15) is 0 Å². The average molecular weight is 209 g/mol. The topological polar surface area (TPSA) is 55.3 Å². The van der Waals surface area contributed by atoms with Gasteiger partial charge in [-0.3, -0.25) is 4.90 Å². The van der Waals surface area contributed by atoms with Gasteiger partial charge in [0.1, 0.15) is 6.26 Å². The van der Waals surface area contributed by atoms with Gasteiger partial charge in [0.2, 0.25) is 5.89 Å². The smallest absolute Gasteiger partial charge is 0.211 e. The van der Waals surface area contributed by atoms with Crippen LogP contribution in [0.15, 0.2) is 10.7 Å². The summed E-state index contributed by atoms with van der Waals surface area (Å²) < 4.78 is 5.52. The van der Waals surface area contributed by atoms with E-state index in [0.29, 0.717) is 12.6 Å². The Morgan fingerprint density at radius 1 is 1.67 bits per heavy atom. The van der Waals surface area contributed by atoms with Gasteiger partial charge >= 0.3 is 0 Å². The van der Waals surface area contributed by atoms with E-state index in [0.717, 1.165) is 37.4 Å². The first kappa shape index (κ1) is 10.6. The normalized spacial score (nSPS) is 22.4. The SMILES string of the molecule is CN1CCCC1c1nc(CCCN)co1. The van der Waals surface area contributed by atoms with E-state index in [1.165, 1.54) is 6.42 Å². The van der Waals surface area contributed by atoms with Crippen LogP contribution >= 0.6 is 0 Å². The van der Waals surface area contributed by atoms with Crippen LogP contribution in [-0.2, 0) is 6.42 Å². The Labute approximate surface area is 90.5 Å². The Balaban J connectivity index is 1.99. The number of nitrogens with two attached hydrogens (primary N) is 1. The number of aryl methyl sites for hydroxylation is 1. The Kier molecular flexibility index (Phi) is 3.38. The van der Waals surface area contributed by atoms with Gasteiger partial charge in [-0.25, -0.2) is 4.98 Å². The van der Waals surface area contributed by atoms with Crippen molar-refractivity contribution in [3.63, 3.8) is 0 Å². The molecule has 2 N–H and O–H groups in total. The van der Waals surface area contributed by atoms with E-state index in [2.05, 4.69) is 16.9 Å². The highest BCUT2D eigenvalue weighted by atomic mass is 16.3. The first-order chi connectivity index (χ1) is 7.31. The lowest BCUT2D eigenvalue weighted by molar-refractivity contribution is 0.268. The van der Waals surface area contributed by atoms with Gasteiger partial charge in [0, 0.05) is 0 Å². The number of hydrogen-bond acceptors (Lipinski definition) is 4. The molecule has 84 valence electrons. The molecular weight excluding hydrogens is 190 g/mol. The molecule has 2 heterocycles. The van der Waals surface area contributed by atoms with Crippen LogP contribution in [0.3, 0.4) is 0 Å². The van der Waals surface area contributed by atoms with Crippen LogP contribution in [0.2, 0.25) is 0 Å². The molecule has 15 heavy (non-hydrogen) atoms. The van der Waals surface area contributed by atoms with Crippen molar-refractivity contribution >= 4 is 0 Å². The molecular formula is C11H19N3O. The molecule has 4 heteroatoms. The summed E-state index contributed by atoms with van der Waals surface area (Å²) in [5, 5.41) is 0. The fourth-order valence-electron chi connectivity index (χ4n) is 2.10. The van der Waals surface area contributed by atoms with Gasteiger partial charge in [0.15, 0.2) is 0 Å². The number of hydrogen-bond donors (Lipinski definition) is 1. The minimum atomic E-state index is 0.386. The number of likely N-dealkylation sites (tertiary alicyclic amines) is 1. The predicted octanol–water partition coefficient (Wildman–Crippen LogP) is 1.33. The van der Waals surface area contributed by atoms with Gasteiger partial charge in [-0.2, -0.15) is 0 Å². The molecule has 1 aromatic rings. The summed E-state index contributed by atoms with van der Waals surface area (Å²) in [4.78, 5) is 6.82. The van der Waals surface area contributed by atoms with E-state index >= 15 is 0 Å². The summed E-state index contributed by atoms with van der Waals surface area (Å²) in [6, 6.07) is 0.386. The van der Waals surface area contributed by atoms with E-state index < -0.39 is 0 Å². The number of aromatic nitrogens is 1. The summed E-state index contributed by atoms with van der Waals surface area (Å²) in [5.74, 6) is 0.877. The zero-order valence-electron chi connectivity index (χ0n) is 9.28. The van der Waals surface area contributed by atoms with Crippen LogP contribution in [0, 0.1) is 0 Å². The molecule has 1 aliphatic heterocycles. The molecule has 0 aromatic carbocycles. The van der Waals surface area contributed by atoms with E-state index in [1.54, 1.807) is 6.26 Å². The largest absolute Gasteiger partial charge is 0.447 e. The molecule has 0 spiro atoms. The van der Waals surface area contributed by atoms with Gasteiger partial charge in [-0.05, 0) is 45.8 Å². The fourth-order valence-corrected chi connectivity index (χ4v) is 2.10. The number of oxazole rings is 1. The Morgan fingerprint density at radius 3 is 3.20 bits per heavy atom. The fraction of sp³-hybridized carbons (Fsp3) is 0.727. The first-order valence-corrected chi connectivity index (χ1v) is 5.66. The summed E-state index contributed by atoms with van der Waals surface area (Å²) >= 11 is 0. The highest BCUT2D eigenvalue weighted by Crippen LogP contribution is 2.29. The second kappa shape index (κ2) is 4.77. The van der Waals surface area contributed by atoms with E-state index in [-0.39, 0.29) is 0 Å². The molecule has 0 aliphatic carbocycles. The molecule has 1 fully saturated rings. The van der Waals surface area contributed by atoms with Crippen molar-refractivity contribution in [2.24, 2.45) is 5.73 Å². The third kappa shape index (κ3) is 2.38. The predicted molar refractivity (Wildman–Crippen MR) is 58.5 cm³/mol. The van der Waals surface area contributed by atoms with Gasteiger partial charge in [-0.1, -0.05) is 0 Å². The Bertz CT molecular complexity index is 311. The molecule has 1 aromatic heterocycles. The van der Waals surface area contributed by atoms with Crippen LogP contribution in [0.5, 0.6) is 0 Å². The lowest BCUT2D eigenvalue weighted by Gasteiger charge is -2.14. The molecule has 1 unspecified atom stereocenters. The van der Waals surface area contributed by atoms with Crippen LogP contribution in [0.4, 0.5) is 0 Å². The van der Waals surface area contributed by atoms with Crippen LogP contribution in [0.1, 0.15) is 36.9 Å². The van der Waals surface area contributed by atoms with E-state index in [4.69, 9.17) is 10.2 Å². The molecule has 2 rings (SSSR count). The molecule has 4 nitrogen and oxygen atoms in total. The van der Waals surface area contributed by atoms with Crippen molar-refractivity contribution in [2.45, 2.75) is 31.7 Å². The Hall–Kier alpha value is -0.870. The molecule has 1 saturated heterocycles. The minimum Gasteiger partial charge on any atom is -0.447 e. The average Bonchev–Trinajstić information content (AvgIpc) is 2.83. The van der Waals surface area contributed by atoms with Crippen molar-refractivity contribution < 1.29 is 4.42 Å². The first-order valence-electron chi connectivity index (χ1n) is 5.66. The second-order valence-electron chi connectivity index (χ2n) is 4.21. The van der Waals surface area contributed by atoms with Gasteiger partial charge < -0.3 is 10.2 Å². The second-order valence-corrected chi connectivity index (χ2v) is 4.21. The van der Waals surface area contributed by atoms with Crippen molar-refractivity contribution in [3.05, 3.63) is 17.8 Å². The van der Waals surface area contributed by atoms with Crippen molar-refractivity contribution in [1.29, 1.82) is 0 Å². The van der Waals surface area contributed by atoms with Crippen LogP contribution in [0.25, 0.3) is 0 Å². The van der Waals surface area contributed by atoms with Crippen molar-refractivity contribution in [2.75, 3.05) is 20.1 Å². The quantitative estimate of drug-likeness (QED) is 0.813. The van der Waals surface area contributed by atoms with Gasteiger partial charge in [0.05, 0.1) is 11.7 Å². The maximum absolute atomic E-state index is 5.52. The number of nitrogens with zero attached hydrogens (tertiary/aromatic N) is 2. The number of rotatable bonds is 4. The molecule has 0 bridgehead atoms. The summed E-state index contributed by atoms with van der Waals surface area (Å²) in [6.45, 7) is 1.86. The monoisotopic (exact) mass is 209 g/mol. The maximum Gasteiger partial charge on any atom is 0.211 e. The maximum atomic E-state index is 5.52. The van der Waals surface area contributed by atoms with Gasteiger partial charge in [0.25, 0.3) is 0 Å². The van der Waals surface area contributed by atoms with E-state index in [1.807, 2.05) is 0 Å². The van der Waals surface area contributed by atoms with Crippen LogP contribution < -0.4 is 5.73 Å². The summed E-state index contributed by atoms with van der Waals surface area (Å²) in [7, 11) is 2.13. The highest BCUT2D eigenvalue weighted by Gasteiger charge is 2.26. The molecule has 0 amide bonds. The highest BCUT2D eigenvalue weighted by molar-refractivity contribution is 5.02. The molecule has 0 radical (unpaired) electrons. The van der Waals surface area contributed by atoms with Crippen molar-refractivity contribution in [1.82, 2.24) is 9.88 Å². The third-order valence-corrected chi connectivity index (χ3v) is 3.01. The molecule has 0 saturated carbocycles. The molecule has 1 atom stereocenters. The standard InChI is InChI=1S/C11H19N3O/c1-14-7-3-5-10(14)11-13-9(8-15-11)4-2-6-12/h8,10H,2-7,12H2,1H3. The lowest BCUT2D eigenvalue weighted by atomic mass is 10.2. The third-order valence-electron chi connectivity index (χ3n) is 3.01. The molecule has 1 aliphatic rings. The Morgan fingerprint density at radius 2 is 2.53 bits per heavy atom. The van der Waals surface area contributed by atoms with Crippen LogP contribution in [-0.4, -0.2) is 30.0 Å². The minimum absolute atomic E-state index is 0.386. The van der Waals surface area contributed by atoms with Gasteiger partial charge in [-0.15, -0.1) is 0 Å². The summed E-state index contributed by atoms with van der Waals surface area (Å²) in [6.07, 6.45) is 6.08. The van der Waals surface area contributed by atoms with Crippen molar-refractivity contribution in [3.8, 4) is 0 Å². The zero-order chi connectivity index (χ0) is 10.7. The lowest BCUT2D eigenvalue weighted by Crippen LogP contribution is -2.17. The summed E-state index contributed by atoms with van der Waals surface area (Å²) in [5.41, 5.74) is 6.50.